The highest BCUT2D eigenvalue weighted by molar-refractivity contribution is 8.17. The molecule has 2 aliphatic rings. The van der Waals surface area contributed by atoms with Gasteiger partial charge >= 0.3 is 0 Å². The number of aromatic nitrogens is 2. The molecular formula is C23H24N4O2S. The highest BCUT2D eigenvalue weighted by atomic mass is 32.2. The van der Waals surface area contributed by atoms with E-state index in [1.54, 1.807) is 11.1 Å². The van der Waals surface area contributed by atoms with Crippen molar-refractivity contribution in [3.63, 3.8) is 0 Å². The number of nitriles is 1. The Bertz CT molecular complexity index is 1040. The van der Waals surface area contributed by atoms with Crippen molar-refractivity contribution in [2.45, 2.75) is 26.2 Å². The number of hydrogen-bond donors (Lipinski definition) is 0. The minimum absolute atomic E-state index is 0.0952. The predicted octanol–water partition coefficient (Wildman–Crippen LogP) is 2.93. The lowest BCUT2D eigenvalue weighted by Crippen LogP contribution is -2.31. The summed E-state index contributed by atoms with van der Waals surface area (Å²) in [6, 6.07) is 12.0. The lowest BCUT2D eigenvalue weighted by molar-refractivity contribution is -0.124. The number of benzene rings is 1. The van der Waals surface area contributed by atoms with Gasteiger partial charge in [-0.1, -0.05) is 30.3 Å². The van der Waals surface area contributed by atoms with Gasteiger partial charge in [-0.15, -0.1) is 0 Å². The number of amides is 1. The number of hydrogen-bond acceptors (Lipinski definition) is 5. The van der Waals surface area contributed by atoms with Gasteiger partial charge in [-0.05, 0) is 43.3 Å². The summed E-state index contributed by atoms with van der Waals surface area (Å²) >= 11 is 0. The highest BCUT2D eigenvalue weighted by Crippen LogP contribution is 2.35. The van der Waals surface area contributed by atoms with Gasteiger partial charge in [-0.2, -0.15) is 15.7 Å². The number of anilines is 1. The van der Waals surface area contributed by atoms with Crippen molar-refractivity contribution >= 4 is 32.7 Å². The van der Waals surface area contributed by atoms with E-state index in [2.05, 4.69) is 16.0 Å². The molecule has 154 valence electrons. The van der Waals surface area contributed by atoms with E-state index in [9.17, 15) is 14.9 Å². The minimum atomic E-state index is -0.528. The molecule has 0 aliphatic carbocycles. The van der Waals surface area contributed by atoms with Gasteiger partial charge in [0.1, 0.15) is 17.3 Å². The molecule has 3 heterocycles. The van der Waals surface area contributed by atoms with Crippen LogP contribution in [0.5, 0.6) is 0 Å². The maximum absolute atomic E-state index is 13.5. The van der Waals surface area contributed by atoms with E-state index in [1.807, 2.05) is 37.3 Å². The zero-order valence-corrected chi connectivity index (χ0v) is 17.8. The van der Waals surface area contributed by atoms with Crippen LogP contribution in [-0.2, 0) is 16.0 Å². The van der Waals surface area contributed by atoms with E-state index in [1.165, 1.54) is 6.33 Å². The number of rotatable bonds is 5. The van der Waals surface area contributed by atoms with Gasteiger partial charge in [-0.3, -0.25) is 9.59 Å². The molecule has 0 saturated carbocycles. The topological polar surface area (TPSA) is 86.9 Å². The summed E-state index contributed by atoms with van der Waals surface area (Å²) in [6.45, 7) is 2.10. The maximum atomic E-state index is 13.5. The Morgan fingerprint density at radius 1 is 1.27 bits per heavy atom. The lowest BCUT2D eigenvalue weighted by atomic mass is 9.85. The van der Waals surface area contributed by atoms with Gasteiger partial charge in [0.05, 0.1) is 29.4 Å². The average molecular weight is 421 g/mol. The van der Waals surface area contributed by atoms with E-state index in [-0.39, 0.29) is 28.7 Å². The average Bonchev–Trinajstić information content (AvgIpc) is 3.39. The van der Waals surface area contributed by atoms with Crippen LogP contribution in [0.2, 0.25) is 0 Å². The van der Waals surface area contributed by atoms with Crippen LogP contribution in [-0.4, -0.2) is 44.6 Å². The van der Waals surface area contributed by atoms with Gasteiger partial charge in [0.25, 0.3) is 0 Å². The molecule has 6 nitrogen and oxygen atoms in total. The fourth-order valence-corrected chi connectivity index (χ4v) is 6.59. The number of aryl methyl sites for hydroxylation is 1. The summed E-state index contributed by atoms with van der Waals surface area (Å²) in [5.41, 5.74) is 2.35. The molecular weight excluding hydrogens is 396 g/mol. The molecule has 1 amide bonds. The van der Waals surface area contributed by atoms with E-state index in [0.717, 1.165) is 29.9 Å². The zero-order valence-electron chi connectivity index (χ0n) is 17.0. The standard InChI is InChI=1S/C23H24N4O2S/c1-16-20(13-25-15-26-16)27-14-19(22(28)21(12-24)30-9-5-6-10-30)18(23(27)29)11-17-7-3-2-4-8-17/h2-4,7-8,13,15,18-19H,5-6,9-11,14H2,1H3/t18-,19+/m1/s1. The van der Waals surface area contributed by atoms with Crippen LogP contribution < -0.4 is 4.90 Å². The van der Waals surface area contributed by atoms with E-state index in [4.69, 9.17) is 0 Å². The molecule has 0 N–H and O–H groups in total. The molecule has 2 saturated heterocycles. The Hall–Kier alpha value is -2.85. The first-order valence-corrected chi connectivity index (χ1v) is 11.8. The van der Waals surface area contributed by atoms with Gasteiger partial charge in [-0.25, -0.2) is 9.97 Å². The van der Waals surface area contributed by atoms with Crippen molar-refractivity contribution < 1.29 is 9.59 Å². The Balaban J connectivity index is 1.71. The Labute approximate surface area is 178 Å². The molecule has 7 heteroatoms. The number of carbonyl (C=O) groups is 2. The minimum Gasteiger partial charge on any atom is -0.308 e. The second kappa shape index (κ2) is 8.88. The summed E-state index contributed by atoms with van der Waals surface area (Å²) in [6.07, 6.45) is 5.68. The molecule has 0 unspecified atom stereocenters. The van der Waals surface area contributed by atoms with Crippen LogP contribution in [0.1, 0.15) is 24.1 Å². The molecule has 2 aromatic rings. The molecule has 2 atom stereocenters. The first-order valence-electron chi connectivity index (χ1n) is 10.2. The first kappa shape index (κ1) is 20.4. The van der Waals surface area contributed by atoms with Crippen molar-refractivity contribution in [2.75, 3.05) is 23.0 Å². The summed E-state index contributed by atoms with van der Waals surface area (Å²) in [5.74, 6) is 0.562. The maximum Gasteiger partial charge on any atom is 0.231 e. The number of Topliss-reactive ketones (excluding diaryl/α,β-unsaturated/α-hetero) is 1. The van der Waals surface area contributed by atoms with Crippen LogP contribution >= 0.6 is 10.5 Å². The second-order valence-electron chi connectivity index (χ2n) is 7.76. The Morgan fingerprint density at radius 2 is 2.00 bits per heavy atom. The third-order valence-electron chi connectivity index (χ3n) is 5.91. The summed E-state index contributed by atoms with van der Waals surface area (Å²) in [5, 5.41) is 9.77. The zero-order chi connectivity index (χ0) is 21.1. The lowest BCUT2D eigenvalue weighted by Gasteiger charge is -2.17. The molecule has 0 bridgehead atoms. The SMILES string of the molecule is Cc1ncncc1N1C[C@H](C(=O)C(C#N)=S2CCCC2)[C@@H](Cc2ccccc2)C1=O. The summed E-state index contributed by atoms with van der Waals surface area (Å²) in [7, 11) is -0.272. The van der Waals surface area contributed by atoms with Crippen molar-refractivity contribution in [3.8, 4) is 6.07 Å². The third kappa shape index (κ3) is 3.92. The van der Waals surface area contributed by atoms with Crippen molar-refractivity contribution in [2.24, 2.45) is 11.8 Å². The quantitative estimate of drug-likeness (QED) is 0.694. The normalized spacial score (nSPS) is 21.6. The molecule has 0 radical (unpaired) electrons. The van der Waals surface area contributed by atoms with Crippen molar-refractivity contribution in [1.82, 2.24) is 9.97 Å². The summed E-state index contributed by atoms with van der Waals surface area (Å²) < 4.78 is 0. The molecule has 1 aromatic heterocycles. The van der Waals surface area contributed by atoms with E-state index in [0.29, 0.717) is 22.7 Å². The molecule has 2 aliphatic heterocycles. The molecule has 0 spiro atoms. The molecule has 2 fully saturated rings. The van der Waals surface area contributed by atoms with E-state index < -0.39 is 11.8 Å². The van der Waals surface area contributed by atoms with Crippen LogP contribution in [0, 0.1) is 30.1 Å². The predicted molar refractivity (Wildman–Crippen MR) is 118 cm³/mol. The van der Waals surface area contributed by atoms with Crippen LogP contribution in [0.3, 0.4) is 0 Å². The fraction of sp³-hybridized carbons (Fsp3) is 0.391. The van der Waals surface area contributed by atoms with Crippen molar-refractivity contribution in [3.05, 3.63) is 54.1 Å². The van der Waals surface area contributed by atoms with Gasteiger partial charge in [0.15, 0.2) is 5.78 Å². The smallest absolute Gasteiger partial charge is 0.231 e. The number of nitrogens with zero attached hydrogens (tertiary/aromatic N) is 4. The highest BCUT2D eigenvalue weighted by Gasteiger charge is 2.46. The Kier molecular flexibility index (Phi) is 6.05. The molecule has 30 heavy (non-hydrogen) atoms. The van der Waals surface area contributed by atoms with Gasteiger partial charge < -0.3 is 4.90 Å². The van der Waals surface area contributed by atoms with Crippen LogP contribution in [0.15, 0.2) is 42.9 Å². The second-order valence-corrected chi connectivity index (χ2v) is 9.97. The third-order valence-corrected chi connectivity index (χ3v) is 8.34. The number of ketones is 1. The Morgan fingerprint density at radius 3 is 2.67 bits per heavy atom. The van der Waals surface area contributed by atoms with Crippen molar-refractivity contribution in [1.29, 1.82) is 5.26 Å². The number of carbonyl (C=O) groups excluding carboxylic acids is 2. The first-order chi connectivity index (χ1) is 14.6. The van der Waals surface area contributed by atoms with Crippen LogP contribution in [0.4, 0.5) is 5.69 Å². The largest absolute Gasteiger partial charge is 0.308 e. The van der Waals surface area contributed by atoms with Gasteiger partial charge in [0, 0.05) is 6.54 Å². The summed E-state index contributed by atoms with van der Waals surface area (Å²) in [4.78, 5) is 37.2. The molecule has 4 rings (SSSR count). The van der Waals surface area contributed by atoms with Gasteiger partial charge in [0.2, 0.25) is 5.91 Å². The fourth-order valence-electron chi connectivity index (χ4n) is 4.30. The monoisotopic (exact) mass is 420 g/mol. The van der Waals surface area contributed by atoms with E-state index >= 15 is 0 Å². The molecule has 1 aromatic carbocycles. The van der Waals surface area contributed by atoms with Crippen LogP contribution in [0.25, 0.3) is 0 Å².